The summed E-state index contributed by atoms with van der Waals surface area (Å²) in [5.74, 6) is -0.267. The van der Waals surface area contributed by atoms with Crippen molar-refractivity contribution < 1.29 is 17.2 Å². The number of aromatic nitrogens is 1. The van der Waals surface area contributed by atoms with Gasteiger partial charge in [-0.15, -0.1) is 0 Å². The first-order valence-electron chi connectivity index (χ1n) is 3.81. The summed E-state index contributed by atoms with van der Waals surface area (Å²) in [5.41, 5.74) is 4.66. The van der Waals surface area contributed by atoms with Gasteiger partial charge in [0, 0.05) is 5.56 Å². The number of primary sulfonamides is 1. The molecule has 0 fully saturated rings. The maximum Gasteiger partial charge on any atom is 0.280 e. The van der Waals surface area contributed by atoms with Crippen LogP contribution in [-0.4, -0.2) is 13.4 Å². The highest BCUT2D eigenvalue weighted by Gasteiger charge is 2.19. The summed E-state index contributed by atoms with van der Waals surface area (Å²) in [7, 11) is -4.07. The van der Waals surface area contributed by atoms with E-state index in [9.17, 15) is 17.2 Å². The van der Waals surface area contributed by atoms with Crippen LogP contribution in [0.4, 0.5) is 14.6 Å². The van der Waals surface area contributed by atoms with Crippen molar-refractivity contribution in [3.63, 3.8) is 0 Å². The quantitative estimate of drug-likeness (QED) is 0.784. The number of rotatable bonds is 2. The Hall–Kier alpha value is -1.28. The molecule has 0 radical (unpaired) electrons. The first-order chi connectivity index (χ1) is 6.73. The highest BCUT2D eigenvalue weighted by Crippen LogP contribution is 2.24. The van der Waals surface area contributed by atoms with E-state index in [1.165, 1.54) is 6.92 Å². The number of anilines is 1. The fourth-order valence-corrected chi connectivity index (χ4v) is 1.85. The lowest BCUT2D eigenvalue weighted by Crippen LogP contribution is -2.16. The van der Waals surface area contributed by atoms with Crippen LogP contribution in [0.3, 0.4) is 0 Å². The Bertz CT molecular complexity index is 487. The zero-order valence-electron chi connectivity index (χ0n) is 7.74. The number of hydrogen-bond donors (Lipinski definition) is 2. The second-order valence-corrected chi connectivity index (χ2v) is 4.43. The molecule has 1 heterocycles. The van der Waals surface area contributed by atoms with Crippen LogP contribution in [-0.2, 0) is 10.0 Å². The largest absolute Gasteiger partial charge is 0.383 e. The number of alkyl halides is 2. The molecule has 1 aromatic rings. The van der Waals surface area contributed by atoms with E-state index in [2.05, 4.69) is 4.98 Å². The summed E-state index contributed by atoms with van der Waals surface area (Å²) >= 11 is 0. The SMILES string of the molecule is Cc1c(S(N)(=O)=O)cc(C(F)F)nc1N. The molecule has 0 saturated heterocycles. The van der Waals surface area contributed by atoms with E-state index in [0.29, 0.717) is 0 Å². The molecular weight excluding hydrogens is 228 g/mol. The molecule has 1 aromatic heterocycles. The Balaban J connectivity index is 3.52. The normalized spacial score (nSPS) is 12.1. The first kappa shape index (κ1) is 11.8. The van der Waals surface area contributed by atoms with Crippen molar-refractivity contribution in [2.24, 2.45) is 5.14 Å². The van der Waals surface area contributed by atoms with Crippen molar-refractivity contribution in [1.29, 1.82) is 0 Å². The minimum atomic E-state index is -4.07. The number of nitrogen functional groups attached to an aromatic ring is 1. The topological polar surface area (TPSA) is 99.1 Å². The van der Waals surface area contributed by atoms with Gasteiger partial charge in [-0.1, -0.05) is 0 Å². The van der Waals surface area contributed by atoms with Gasteiger partial charge in [0.25, 0.3) is 6.43 Å². The lowest BCUT2D eigenvalue weighted by atomic mass is 10.2. The van der Waals surface area contributed by atoms with Crippen LogP contribution in [0.25, 0.3) is 0 Å². The van der Waals surface area contributed by atoms with Crippen molar-refractivity contribution in [3.05, 3.63) is 17.3 Å². The zero-order chi connectivity index (χ0) is 11.8. The van der Waals surface area contributed by atoms with Crippen LogP contribution in [0.5, 0.6) is 0 Å². The monoisotopic (exact) mass is 237 g/mol. The molecule has 4 N–H and O–H groups in total. The standard InChI is InChI=1S/C7H9F2N3O2S/c1-3-5(15(11,13)14)2-4(6(8)9)12-7(3)10/h2,6H,1H3,(H2,10,12)(H2,11,13,14). The molecule has 0 aliphatic rings. The number of nitrogens with zero attached hydrogens (tertiary/aromatic N) is 1. The molecule has 0 aromatic carbocycles. The number of hydrogen-bond acceptors (Lipinski definition) is 4. The van der Waals surface area contributed by atoms with Crippen molar-refractivity contribution in [2.45, 2.75) is 18.2 Å². The van der Waals surface area contributed by atoms with Gasteiger partial charge in [0.1, 0.15) is 11.5 Å². The molecular formula is C7H9F2N3O2S. The molecule has 1 rings (SSSR count). The molecule has 0 saturated carbocycles. The Kier molecular flexibility index (Phi) is 2.91. The summed E-state index contributed by atoms with van der Waals surface area (Å²) in [4.78, 5) is 2.93. The molecule has 0 aliphatic heterocycles. The van der Waals surface area contributed by atoms with Gasteiger partial charge in [-0.25, -0.2) is 27.3 Å². The van der Waals surface area contributed by atoms with E-state index in [1.54, 1.807) is 0 Å². The van der Waals surface area contributed by atoms with Gasteiger partial charge < -0.3 is 5.73 Å². The second kappa shape index (κ2) is 3.70. The third-order valence-corrected chi connectivity index (χ3v) is 2.85. The van der Waals surface area contributed by atoms with E-state index in [1.807, 2.05) is 0 Å². The zero-order valence-corrected chi connectivity index (χ0v) is 8.55. The first-order valence-corrected chi connectivity index (χ1v) is 5.36. The summed E-state index contributed by atoms with van der Waals surface area (Å²) < 4.78 is 46.6. The molecule has 0 amide bonds. The minimum Gasteiger partial charge on any atom is -0.383 e. The highest BCUT2D eigenvalue weighted by atomic mass is 32.2. The van der Waals surface area contributed by atoms with Crippen LogP contribution in [0.15, 0.2) is 11.0 Å². The van der Waals surface area contributed by atoms with Gasteiger partial charge in [0.2, 0.25) is 10.0 Å². The summed E-state index contributed by atoms with van der Waals surface area (Å²) in [5, 5.41) is 4.84. The Labute approximate surface area is 85.2 Å². The van der Waals surface area contributed by atoms with Gasteiger partial charge in [-0.2, -0.15) is 0 Å². The molecule has 8 heteroatoms. The fraction of sp³-hybridized carbons (Fsp3) is 0.286. The van der Waals surface area contributed by atoms with E-state index in [0.717, 1.165) is 6.07 Å². The predicted molar refractivity (Wildman–Crippen MR) is 49.7 cm³/mol. The molecule has 0 atom stereocenters. The fourth-order valence-electron chi connectivity index (χ4n) is 1.03. The van der Waals surface area contributed by atoms with Crippen LogP contribution >= 0.6 is 0 Å². The smallest absolute Gasteiger partial charge is 0.280 e. The maximum atomic E-state index is 12.3. The highest BCUT2D eigenvalue weighted by molar-refractivity contribution is 7.89. The van der Waals surface area contributed by atoms with Crippen LogP contribution in [0.1, 0.15) is 17.7 Å². The third-order valence-electron chi connectivity index (χ3n) is 1.81. The molecule has 5 nitrogen and oxygen atoms in total. The summed E-state index contributed by atoms with van der Waals surface area (Å²) in [6.07, 6.45) is -2.89. The van der Waals surface area contributed by atoms with Crippen LogP contribution in [0, 0.1) is 6.92 Å². The van der Waals surface area contributed by atoms with Crippen molar-refractivity contribution in [1.82, 2.24) is 4.98 Å². The van der Waals surface area contributed by atoms with Gasteiger partial charge in [0.15, 0.2) is 0 Å². The molecule has 0 spiro atoms. The predicted octanol–water partition coefficient (Wildman–Crippen LogP) is 0.557. The average Bonchev–Trinajstić information content (AvgIpc) is 2.06. The van der Waals surface area contributed by atoms with Crippen LogP contribution < -0.4 is 10.9 Å². The van der Waals surface area contributed by atoms with E-state index in [4.69, 9.17) is 10.9 Å². The van der Waals surface area contributed by atoms with Gasteiger partial charge in [0.05, 0.1) is 4.90 Å². The lowest BCUT2D eigenvalue weighted by molar-refractivity contribution is 0.146. The Morgan fingerprint density at radius 3 is 2.40 bits per heavy atom. The second-order valence-electron chi connectivity index (χ2n) is 2.90. The molecule has 84 valence electrons. The van der Waals surface area contributed by atoms with E-state index >= 15 is 0 Å². The third kappa shape index (κ3) is 2.39. The molecule has 15 heavy (non-hydrogen) atoms. The van der Waals surface area contributed by atoms with E-state index < -0.39 is 27.0 Å². The van der Waals surface area contributed by atoms with E-state index in [-0.39, 0.29) is 11.4 Å². The number of nitrogens with two attached hydrogens (primary N) is 2. The number of halogens is 2. The number of pyridine rings is 1. The average molecular weight is 237 g/mol. The van der Waals surface area contributed by atoms with Crippen molar-refractivity contribution in [2.75, 3.05) is 5.73 Å². The maximum absolute atomic E-state index is 12.3. The summed E-state index contributed by atoms with van der Waals surface area (Å²) in [6.45, 7) is 1.34. The van der Waals surface area contributed by atoms with Crippen LogP contribution in [0.2, 0.25) is 0 Å². The van der Waals surface area contributed by atoms with Gasteiger partial charge in [-0.05, 0) is 13.0 Å². The van der Waals surface area contributed by atoms with Crippen molar-refractivity contribution >= 4 is 15.8 Å². The molecule has 0 bridgehead atoms. The van der Waals surface area contributed by atoms with Gasteiger partial charge in [-0.3, -0.25) is 0 Å². The molecule has 0 unspecified atom stereocenters. The minimum absolute atomic E-state index is 0.0712. The van der Waals surface area contributed by atoms with Crippen molar-refractivity contribution in [3.8, 4) is 0 Å². The number of sulfonamides is 1. The molecule has 0 aliphatic carbocycles. The lowest BCUT2D eigenvalue weighted by Gasteiger charge is -2.08. The Morgan fingerprint density at radius 1 is 1.47 bits per heavy atom. The Morgan fingerprint density at radius 2 is 2.00 bits per heavy atom. The summed E-state index contributed by atoms with van der Waals surface area (Å²) in [6, 6.07) is 0.728. The van der Waals surface area contributed by atoms with Gasteiger partial charge >= 0.3 is 0 Å².